The molecule has 132 valence electrons. The number of nitrogens with zero attached hydrogens (tertiary/aromatic N) is 3. The lowest BCUT2D eigenvalue weighted by atomic mass is 10.1. The first-order valence-corrected chi connectivity index (χ1v) is 8.12. The molecule has 2 rings (SSSR count). The Bertz CT molecular complexity index is 596. The van der Waals surface area contributed by atoms with Crippen LogP contribution in [0.1, 0.15) is 18.9 Å². The van der Waals surface area contributed by atoms with Crippen LogP contribution in [0.25, 0.3) is 0 Å². The summed E-state index contributed by atoms with van der Waals surface area (Å²) in [5, 5.41) is 23.0. The van der Waals surface area contributed by atoms with Gasteiger partial charge in [-0.15, -0.1) is 0 Å². The van der Waals surface area contributed by atoms with Crippen LogP contribution in [0, 0.1) is 17.0 Å². The van der Waals surface area contributed by atoms with Crippen molar-refractivity contribution >= 4 is 17.4 Å². The molecule has 1 heterocycles. The molecule has 24 heavy (non-hydrogen) atoms. The molecule has 0 saturated carbocycles. The van der Waals surface area contributed by atoms with E-state index in [2.05, 4.69) is 10.2 Å². The van der Waals surface area contributed by atoms with Crippen molar-refractivity contribution < 1.29 is 14.8 Å². The summed E-state index contributed by atoms with van der Waals surface area (Å²) in [7, 11) is 0. The van der Waals surface area contributed by atoms with Gasteiger partial charge in [0.15, 0.2) is 0 Å². The third kappa shape index (κ3) is 4.21. The van der Waals surface area contributed by atoms with E-state index in [9.17, 15) is 20.0 Å². The smallest absolute Gasteiger partial charge is 0.321 e. The summed E-state index contributed by atoms with van der Waals surface area (Å²) in [5.74, 6) is 0. The Morgan fingerprint density at radius 3 is 2.58 bits per heavy atom. The fraction of sp³-hybridized carbons (Fsp3) is 0.562. The first-order chi connectivity index (χ1) is 11.5. The average molecular weight is 336 g/mol. The second kappa shape index (κ2) is 8.07. The second-order valence-corrected chi connectivity index (χ2v) is 5.95. The molecule has 2 N–H and O–H groups in total. The average Bonchev–Trinajstić information content (AvgIpc) is 2.58. The number of nitrogens with one attached hydrogen (secondary N) is 1. The van der Waals surface area contributed by atoms with E-state index >= 15 is 0 Å². The summed E-state index contributed by atoms with van der Waals surface area (Å²) in [6.07, 6.45) is 0.871. The molecule has 1 saturated heterocycles. The van der Waals surface area contributed by atoms with Crippen LogP contribution in [0.15, 0.2) is 18.2 Å². The van der Waals surface area contributed by atoms with E-state index in [4.69, 9.17) is 0 Å². The number of nitro benzene ring substituents is 1. The largest absolute Gasteiger partial charge is 0.395 e. The van der Waals surface area contributed by atoms with E-state index in [0.717, 1.165) is 12.0 Å². The number of piperazine rings is 1. The predicted octanol–water partition coefficient (Wildman–Crippen LogP) is 1.82. The minimum Gasteiger partial charge on any atom is -0.395 e. The number of carbonyl (C=O) groups excluding carboxylic acids is 1. The topological polar surface area (TPSA) is 99.0 Å². The van der Waals surface area contributed by atoms with Crippen LogP contribution in [0.3, 0.4) is 0 Å². The summed E-state index contributed by atoms with van der Waals surface area (Å²) in [4.78, 5) is 26.7. The van der Waals surface area contributed by atoms with Gasteiger partial charge >= 0.3 is 6.03 Å². The van der Waals surface area contributed by atoms with Crippen LogP contribution in [-0.4, -0.2) is 64.7 Å². The first-order valence-electron chi connectivity index (χ1n) is 8.12. The Balaban J connectivity index is 1.97. The van der Waals surface area contributed by atoms with E-state index in [1.807, 2.05) is 6.92 Å². The van der Waals surface area contributed by atoms with Crippen LogP contribution in [0.4, 0.5) is 16.2 Å². The van der Waals surface area contributed by atoms with Gasteiger partial charge < -0.3 is 15.3 Å². The zero-order valence-electron chi connectivity index (χ0n) is 14.1. The molecule has 8 heteroatoms. The number of aliphatic hydroxyl groups excluding tert-OH is 1. The van der Waals surface area contributed by atoms with Gasteiger partial charge in [0.25, 0.3) is 5.69 Å². The predicted molar refractivity (Wildman–Crippen MR) is 91.2 cm³/mol. The fourth-order valence-corrected chi connectivity index (χ4v) is 2.85. The highest BCUT2D eigenvalue weighted by Crippen LogP contribution is 2.22. The highest BCUT2D eigenvalue weighted by atomic mass is 16.6. The number of carbonyl (C=O) groups is 1. The number of nitro groups is 1. The van der Waals surface area contributed by atoms with Crippen molar-refractivity contribution in [2.45, 2.75) is 26.3 Å². The van der Waals surface area contributed by atoms with E-state index in [1.165, 1.54) is 12.1 Å². The van der Waals surface area contributed by atoms with Gasteiger partial charge in [-0.1, -0.05) is 13.0 Å². The molecule has 1 unspecified atom stereocenters. The van der Waals surface area contributed by atoms with Crippen LogP contribution in [-0.2, 0) is 0 Å². The molecule has 0 aromatic heterocycles. The minimum atomic E-state index is -0.479. The molecule has 0 aliphatic carbocycles. The number of aryl methyl sites for hydroxylation is 1. The zero-order chi connectivity index (χ0) is 17.7. The van der Waals surface area contributed by atoms with Crippen LogP contribution < -0.4 is 5.32 Å². The lowest BCUT2D eigenvalue weighted by Gasteiger charge is -2.38. The monoisotopic (exact) mass is 336 g/mol. The van der Waals surface area contributed by atoms with Crippen molar-refractivity contribution in [3.63, 3.8) is 0 Å². The van der Waals surface area contributed by atoms with Gasteiger partial charge in [0.1, 0.15) is 0 Å². The molecule has 1 aromatic rings. The van der Waals surface area contributed by atoms with Gasteiger partial charge in [0.2, 0.25) is 0 Å². The number of rotatable bonds is 5. The molecule has 1 fully saturated rings. The molecule has 2 amide bonds. The summed E-state index contributed by atoms with van der Waals surface area (Å²) in [6, 6.07) is 4.30. The molecule has 1 aliphatic heterocycles. The Hall–Kier alpha value is -2.19. The number of amides is 2. The van der Waals surface area contributed by atoms with Crippen molar-refractivity contribution in [1.82, 2.24) is 9.80 Å². The number of benzene rings is 1. The third-order valence-corrected chi connectivity index (χ3v) is 4.47. The van der Waals surface area contributed by atoms with Gasteiger partial charge in [-0.25, -0.2) is 4.79 Å². The van der Waals surface area contributed by atoms with Gasteiger partial charge in [-0.3, -0.25) is 15.0 Å². The maximum Gasteiger partial charge on any atom is 0.321 e. The van der Waals surface area contributed by atoms with Crippen molar-refractivity contribution in [2.75, 3.05) is 38.1 Å². The summed E-state index contributed by atoms with van der Waals surface area (Å²) < 4.78 is 0. The van der Waals surface area contributed by atoms with Crippen molar-refractivity contribution in [3.8, 4) is 0 Å². The maximum absolute atomic E-state index is 12.4. The number of hydrogen-bond donors (Lipinski definition) is 2. The zero-order valence-corrected chi connectivity index (χ0v) is 14.1. The fourth-order valence-electron chi connectivity index (χ4n) is 2.85. The number of anilines is 1. The number of urea groups is 1. The van der Waals surface area contributed by atoms with Crippen LogP contribution in [0.2, 0.25) is 0 Å². The molecule has 1 aliphatic rings. The first kappa shape index (κ1) is 18.2. The van der Waals surface area contributed by atoms with E-state index in [0.29, 0.717) is 31.9 Å². The van der Waals surface area contributed by atoms with Crippen LogP contribution >= 0.6 is 0 Å². The molecule has 8 nitrogen and oxygen atoms in total. The van der Waals surface area contributed by atoms with Gasteiger partial charge in [0.05, 0.1) is 17.2 Å². The van der Waals surface area contributed by atoms with E-state index in [1.54, 1.807) is 17.9 Å². The number of aliphatic hydroxyl groups is 1. The summed E-state index contributed by atoms with van der Waals surface area (Å²) in [5.41, 5.74) is 1.19. The molecular weight excluding hydrogens is 312 g/mol. The quantitative estimate of drug-likeness (QED) is 0.631. The third-order valence-electron chi connectivity index (χ3n) is 4.47. The Labute approximate surface area is 141 Å². The molecule has 0 radical (unpaired) electrons. The lowest BCUT2D eigenvalue weighted by Crippen LogP contribution is -2.53. The van der Waals surface area contributed by atoms with Gasteiger partial charge in [0, 0.05) is 44.4 Å². The van der Waals surface area contributed by atoms with Crippen LogP contribution in [0.5, 0.6) is 0 Å². The number of non-ortho nitro benzene ring substituents is 1. The van der Waals surface area contributed by atoms with Crippen molar-refractivity contribution in [2.24, 2.45) is 0 Å². The Kier molecular flexibility index (Phi) is 6.10. The van der Waals surface area contributed by atoms with Crippen molar-refractivity contribution in [1.29, 1.82) is 0 Å². The van der Waals surface area contributed by atoms with Gasteiger partial charge in [-0.2, -0.15) is 0 Å². The lowest BCUT2D eigenvalue weighted by molar-refractivity contribution is -0.384. The number of hydrogen-bond acceptors (Lipinski definition) is 5. The van der Waals surface area contributed by atoms with E-state index < -0.39 is 4.92 Å². The summed E-state index contributed by atoms with van der Waals surface area (Å²) in [6.45, 7) is 6.50. The van der Waals surface area contributed by atoms with E-state index in [-0.39, 0.29) is 24.4 Å². The van der Waals surface area contributed by atoms with Crippen molar-refractivity contribution in [3.05, 3.63) is 33.9 Å². The molecule has 0 bridgehead atoms. The Morgan fingerprint density at radius 2 is 2.04 bits per heavy atom. The highest BCUT2D eigenvalue weighted by Gasteiger charge is 2.25. The second-order valence-electron chi connectivity index (χ2n) is 5.95. The summed E-state index contributed by atoms with van der Waals surface area (Å²) >= 11 is 0. The maximum atomic E-state index is 12.4. The van der Waals surface area contributed by atoms with Gasteiger partial charge in [-0.05, 0) is 18.9 Å². The molecule has 0 spiro atoms. The molecular formula is C16H24N4O4. The Morgan fingerprint density at radius 1 is 1.38 bits per heavy atom. The normalized spacial score (nSPS) is 16.7. The standard InChI is InChI=1S/C16H24N4O4/c1-3-13(11-21)18-6-8-19(9-7-18)16(22)17-15-10-14(20(23)24)5-4-12(15)2/h4-5,10,13,21H,3,6-9,11H2,1-2H3,(H,17,22). The highest BCUT2D eigenvalue weighted by molar-refractivity contribution is 5.90. The minimum absolute atomic E-state index is 0.0468. The molecule has 1 aromatic carbocycles. The molecule has 1 atom stereocenters. The SMILES string of the molecule is CCC(CO)N1CCN(C(=O)Nc2cc([N+](=O)[O-])ccc2C)CC1.